The van der Waals surface area contributed by atoms with Crippen LogP contribution in [0.5, 0.6) is 0 Å². The highest BCUT2D eigenvalue weighted by Gasteiger charge is 2.32. The van der Waals surface area contributed by atoms with Crippen LogP contribution in [0.2, 0.25) is 0 Å². The maximum absolute atomic E-state index is 13.5. The van der Waals surface area contributed by atoms with Gasteiger partial charge in [-0.2, -0.15) is 22.2 Å². The Kier molecular flexibility index (Phi) is 7.34. The number of nitrogens with zero attached hydrogens (tertiary/aromatic N) is 6. The summed E-state index contributed by atoms with van der Waals surface area (Å²) < 4.78 is 58.6. The molecule has 0 radical (unpaired) electrons. The van der Waals surface area contributed by atoms with Crippen LogP contribution >= 0.6 is 0 Å². The van der Waals surface area contributed by atoms with Gasteiger partial charge in [0.15, 0.2) is 5.82 Å². The predicted molar refractivity (Wildman–Crippen MR) is 120 cm³/mol. The van der Waals surface area contributed by atoms with Crippen LogP contribution in [0.1, 0.15) is 54.4 Å². The van der Waals surface area contributed by atoms with Gasteiger partial charge >= 0.3 is 6.18 Å². The Hall–Kier alpha value is -3.35. The summed E-state index contributed by atoms with van der Waals surface area (Å²) in [6.45, 7) is 6.55. The summed E-state index contributed by atoms with van der Waals surface area (Å²) in [5.74, 6) is 0.500. The zero-order valence-corrected chi connectivity index (χ0v) is 19.8. The molecule has 2 heterocycles. The van der Waals surface area contributed by atoms with Crippen LogP contribution in [0.25, 0.3) is 5.95 Å². The lowest BCUT2D eigenvalue weighted by atomic mass is 10.1. The standard InChI is InChI=1S/C21H24F3N7O2S/c1-5-34(33,6-2)30-17-11-15(10-16(12-17)21(22,23)24)19(32)27-13(3)18-28-14(4)29-31(18)20-25-8-7-9-26-20/h7-13H,5-6H2,1-4H3,(H,27,32)/t13-/m0/s1. The highest BCUT2D eigenvalue weighted by atomic mass is 32.2. The first-order valence-electron chi connectivity index (χ1n) is 10.4. The van der Waals surface area contributed by atoms with Gasteiger partial charge in [0.25, 0.3) is 11.9 Å². The van der Waals surface area contributed by atoms with E-state index in [1.54, 1.807) is 33.8 Å². The first-order valence-corrected chi connectivity index (χ1v) is 12.3. The molecule has 0 saturated carbocycles. The highest BCUT2D eigenvalue weighted by Crippen LogP contribution is 2.33. The minimum absolute atomic E-state index is 0.168. The SMILES string of the molecule is CCS(=O)(CC)=Nc1cc(C(=O)N[C@@H](C)c2nc(C)nn2-c2ncccn2)cc(C(F)(F)F)c1. The molecule has 9 nitrogen and oxygen atoms in total. The third-order valence-electron chi connectivity index (χ3n) is 4.90. The van der Waals surface area contributed by atoms with E-state index < -0.39 is 33.4 Å². The number of aryl methyl sites for hydroxylation is 1. The van der Waals surface area contributed by atoms with Gasteiger partial charge in [-0.05, 0) is 38.1 Å². The van der Waals surface area contributed by atoms with Gasteiger partial charge in [0.2, 0.25) is 0 Å². The van der Waals surface area contributed by atoms with Crippen LogP contribution in [-0.2, 0) is 15.9 Å². The number of carbonyl (C=O) groups is 1. The van der Waals surface area contributed by atoms with Gasteiger partial charge in [0, 0.05) is 29.5 Å². The fraction of sp³-hybridized carbons (Fsp3) is 0.381. The zero-order valence-electron chi connectivity index (χ0n) is 19.0. The van der Waals surface area contributed by atoms with Crippen molar-refractivity contribution < 1.29 is 22.2 Å². The number of hydrogen-bond acceptors (Lipinski definition) is 7. The summed E-state index contributed by atoms with van der Waals surface area (Å²) in [5, 5.41) is 6.87. The Morgan fingerprint density at radius 3 is 2.41 bits per heavy atom. The number of halogens is 3. The summed E-state index contributed by atoms with van der Waals surface area (Å²) in [4.78, 5) is 25.5. The molecule has 3 rings (SSSR count). The number of hydrogen-bond donors (Lipinski definition) is 1. The van der Waals surface area contributed by atoms with Gasteiger partial charge in [-0.15, -0.1) is 5.10 Å². The van der Waals surface area contributed by atoms with E-state index >= 15 is 0 Å². The second-order valence-electron chi connectivity index (χ2n) is 7.38. The minimum atomic E-state index is -4.71. The van der Waals surface area contributed by atoms with Gasteiger partial charge < -0.3 is 5.32 Å². The zero-order chi connectivity index (χ0) is 25.1. The van der Waals surface area contributed by atoms with E-state index in [-0.39, 0.29) is 28.7 Å². The Labute approximate surface area is 195 Å². The highest BCUT2D eigenvalue weighted by molar-refractivity contribution is 7.93. The normalized spacial score (nSPS) is 12.9. The number of benzene rings is 1. The third kappa shape index (κ3) is 5.76. The lowest BCUT2D eigenvalue weighted by Crippen LogP contribution is -2.29. The molecule has 1 aromatic carbocycles. The molecule has 13 heteroatoms. The van der Waals surface area contributed by atoms with Crippen molar-refractivity contribution in [2.45, 2.75) is 39.9 Å². The van der Waals surface area contributed by atoms with Gasteiger partial charge in [-0.1, -0.05) is 13.8 Å². The Balaban J connectivity index is 1.98. The third-order valence-corrected chi connectivity index (χ3v) is 7.24. The molecule has 182 valence electrons. The molecule has 0 unspecified atom stereocenters. The van der Waals surface area contributed by atoms with Crippen molar-refractivity contribution >= 4 is 21.3 Å². The number of carbonyl (C=O) groups excluding carboxylic acids is 1. The summed E-state index contributed by atoms with van der Waals surface area (Å²) in [7, 11) is -2.73. The molecule has 0 spiro atoms. The Morgan fingerprint density at radius 1 is 1.18 bits per heavy atom. The number of amides is 1. The smallest absolute Gasteiger partial charge is 0.342 e. The van der Waals surface area contributed by atoms with Crippen LogP contribution in [-0.4, -0.2) is 46.4 Å². The van der Waals surface area contributed by atoms with E-state index in [9.17, 15) is 22.2 Å². The minimum Gasteiger partial charge on any atom is -0.342 e. The van der Waals surface area contributed by atoms with Gasteiger partial charge in [-0.3, -0.25) is 4.79 Å². The fourth-order valence-corrected chi connectivity index (χ4v) is 4.24. The fourth-order valence-electron chi connectivity index (χ4n) is 3.09. The molecular formula is C21H24F3N7O2S. The summed E-state index contributed by atoms with van der Waals surface area (Å²) in [6, 6.07) is 3.60. The van der Waals surface area contributed by atoms with Gasteiger partial charge in [0.1, 0.15) is 5.82 Å². The molecule has 0 aliphatic heterocycles. The van der Waals surface area contributed by atoms with Gasteiger partial charge in [-0.25, -0.2) is 19.2 Å². The molecule has 3 aromatic rings. The molecule has 0 aliphatic rings. The second kappa shape index (κ2) is 9.87. The molecule has 1 amide bonds. The van der Waals surface area contributed by atoms with Crippen molar-refractivity contribution in [1.29, 1.82) is 0 Å². The lowest BCUT2D eigenvalue weighted by molar-refractivity contribution is -0.137. The van der Waals surface area contributed by atoms with Crippen molar-refractivity contribution in [2.75, 3.05) is 11.5 Å². The molecule has 0 saturated heterocycles. The van der Waals surface area contributed by atoms with E-state index in [1.165, 1.54) is 23.1 Å². The van der Waals surface area contributed by atoms with E-state index in [0.717, 1.165) is 12.1 Å². The van der Waals surface area contributed by atoms with Crippen LogP contribution in [0.3, 0.4) is 0 Å². The quantitative estimate of drug-likeness (QED) is 0.530. The first kappa shape index (κ1) is 25.3. The Morgan fingerprint density at radius 2 is 1.82 bits per heavy atom. The number of aromatic nitrogens is 5. The molecule has 1 N–H and O–H groups in total. The number of nitrogens with one attached hydrogen (secondary N) is 1. The van der Waals surface area contributed by atoms with Crippen molar-refractivity contribution in [3.8, 4) is 5.95 Å². The van der Waals surface area contributed by atoms with Crippen molar-refractivity contribution in [1.82, 2.24) is 30.0 Å². The maximum Gasteiger partial charge on any atom is 0.416 e. The largest absolute Gasteiger partial charge is 0.416 e. The van der Waals surface area contributed by atoms with E-state index in [2.05, 4.69) is 29.7 Å². The van der Waals surface area contributed by atoms with E-state index in [0.29, 0.717) is 11.6 Å². The topological polar surface area (TPSA) is 115 Å². The monoisotopic (exact) mass is 495 g/mol. The van der Waals surface area contributed by atoms with Crippen molar-refractivity contribution in [3.05, 3.63) is 59.4 Å². The van der Waals surface area contributed by atoms with Crippen LogP contribution in [0.15, 0.2) is 41.0 Å². The second-order valence-corrected chi connectivity index (χ2v) is 10.3. The van der Waals surface area contributed by atoms with Crippen LogP contribution < -0.4 is 5.32 Å². The predicted octanol–water partition coefficient (Wildman–Crippen LogP) is 4.01. The van der Waals surface area contributed by atoms with Gasteiger partial charge in [0.05, 0.1) is 27.0 Å². The van der Waals surface area contributed by atoms with E-state index in [4.69, 9.17) is 0 Å². The van der Waals surface area contributed by atoms with E-state index in [1.807, 2.05) is 0 Å². The van der Waals surface area contributed by atoms with Crippen LogP contribution in [0, 0.1) is 6.92 Å². The number of rotatable bonds is 7. The molecule has 2 aromatic heterocycles. The maximum atomic E-state index is 13.5. The molecule has 0 aliphatic carbocycles. The summed E-state index contributed by atoms with van der Waals surface area (Å²) in [6.07, 6.45) is -1.68. The molecule has 34 heavy (non-hydrogen) atoms. The summed E-state index contributed by atoms with van der Waals surface area (Å²) >= 11 is 0. The van der Waals surface area contributed by atoms with Crippen LogP contribution in [0.4, 0.5) is 18.9 Å². The van der Waals surface area contributed by atoms with Crippen molar-refractivity contribution in [2.24, 2.45) is 4.36 Å². The summed E-state index contributed by atoms with van der Waals surface area (Å²) in [5.41, 5.74) is -1.50. The lowest BCUT2D eigenvalue weighted by Gasteiger charge is -2.15. The average molecular weight is 496 g/mol. The molecule has 0 fully saturated rings. The number of alkyl halides is 3. The Bertz CT molecular complexity index is 1290. The molecular weight excluding hydrogens is 471 g/mol. The van der Waals surface area contributed by atoms with Crippen molar-refractivity contribution in [3.63, 3.8) is 0 Å². The average Bonchev–Trinajstić information content (AvgIpc) is 3.20. The first-order chi connectivity index (χ1) is 16.0. The molecule has 1 atom stereocenters. The molecule has 0 bridgehead atoms.